The molecule has 4 heterocycles. The number of carbonyl (C=O) groups excluding carboxylic acids is 2. The molecule has 1 atom stereocenters. The Hall–Kier alpha value is -3.39. The lowest BCUT2D eigenvalue weighted by molar-refractivity contribution is -0.136. The van der Waals surface area contributed by atoms with Crippen LogP contribution in [0.4, 0.5) is 0 Å². The number of furan rings is 2. The van der Waals surface area contributed by atoms with Crippen molar-refractivity contribution < 1.29 is 18.4 Å². The monoisotopic (exact) mass is 448 g/mol. The lowest BCUT2D eigenvalue weighted by atomic mass is 10.0. The molecule has 8 heteroatoms. The van der Waals surface area contributed by atoms with Crippen LogP contribution in [0.1, 0.15) is 43.7 Å². The van der Waals surface area contributed by atoms with Crippen molar-refractivity contribution >= 4 is 28.5 Å². The highest BCUT2D eigenvalue weighted by Gasteiger charge is 2.37. The van der Waals surface area contributed by atoms with E-state index in [0.717, 1.165) is 42.6 Å². The zero-order valence-corrected chi connectivity index (χ0v) is 18.9. The fourth-order valence-electron chi connectivity index (χ4n) is 4.70. The molecule has 0 spiro atoms. The van der Waals surface area contributed by atoms with Gasteiger partial charge in [0.25, 0.3) is 5.91 Å². The molecule has 5 rings (SSSR count). The third-order valence-corrected chi connectivity index (χ3v) is 6.71. The summed E-state index contributed by atoms with van der Waals surface area (Å²) in [6, 6.07) is 13.4. The Balaban J connectivity index is 1.32. The number of piperidine rings is 1. The first-order chi connectivity index (χ1) is 16.0. The number of carbonyl (C=O) groups is 2. The van der Waals surface area contributed by atoms with Gasteiger partial charge in [-0.1, -0.05) is 18.2 Å². The van der Waals surface area contributed by atoms with E-state index >= 15 is 0 Å². The van der Waals surface area contributed by atoms with Crippen molar-refractivity contribution in [2.24, 2.45) is 5.10 Å². The molecule has 8 nitrogen and oxygen atoms in total. The smallest absolute Gasteiger partial charge is 0.257 e. The quantitative estimate of drug-likeness (QED) is 0.595. The average molecular weight is 449 g/mol. The van der Waals surface area contributed by atoms with Gasteiger partial charge in [-0.05, 0) is 37.1 Å². The van der Waals surface area contributed by atoms with Crippen LogP contribution < -0.4 is 0 Å². The molecule has 2 aliphatic rings. The predicted octanol–water partition coefficient (Wildman–Crippen LogP) is 3.65. The van der Waals surface area contributed by atoms with Crippen LogP contribution in [0.25, 0.3) is 11.0 Å². The predicted molar refractivity (Wildman–Crippen MR) is 124 cm³/mol. The van der Waals surface area contributed by atoms with Crippen LogP contribution >= 0.6 is 0 Å². The topological polar surface area (TPSA) is 82.5 Å². The number of amides is 2. The standard InChI is InChI=1S/C25H28N4O4/c1-17(30)27(2)19-9-11-28(12-10-19)16-25(31)29-21(23-8-5-13-32-23)15-20(26-29)24-14-18-6-3-4-7-22(18)33-24/h3-8,13-14,19,21H,9-12,15-16H2,1-2H3. The third kappa shape index (κ3) is 4.30. The molecule has 0 saturated carbocycles. The van der Waals surface area contributed by atoms with Gasteiger partial charge >= 0.3 is 0 Å². The maximum absolute atomic E-state index is 13.3. The number of hydrogen-bond donors (Lipinski definition) is 0. The van der Waals surface area contributed by atoms with Crippen LogP contribution in [0.15, 0.2) is 62.7 Å². The summed E-state index contributed by atoms with van der Waals surface area (Å²) >= 11 is 0. The van der Waals surface area contributed by atoms with E-state index < -0.39 is 0 Å². The molecule has 0 aliphatic carbocycles. The van der Waals surface area contributed by atoms with Crippen molar-refractivity contribution in [2.75, 3.05) is 26.7 Å². The van der Waals surface area contributed by atoms with E-state index in [1.54, 1.807) is 23.1 Å². The van der Waals surface area contributed by atoms with Crippen molar-refractivity contribution in [1.82, 2.24) is 14.8 Å². The summed E-state index contributed by atoms with van der Waals surface area (Å²) in [4.78, 5) is 28.9. The van der Waals surface area contributed by atoms with Gasteiger partial charge in [-0.25, -0.2) is 5.01 Å². The van der Waals surface area contributed by atoms with Crippen LogP contribution in [0.2, 0.25) is 0 Å². The number of hydrazone groups is 1. The Bertz CT molecular complexity index is 1140. The number of nitrogens with zero attached hydrogens (tertiary/aromatic N) is 4. The molecule has 0 N–H and O–H groups in total. The fourth-order valence-corrected chi connectivity index (χ4v) is 4.70. The molecule has 1 fully saturated rings. The summed E-state index contributed by atoms with van der Waals surface area (Å²) in [5.74, 6) is 1.40. The van der Waals surface area contributed by atoms with Crippen LogP contribution in [0.3, 0.4) is 0 Å². The molecule has 1 aromatic carbocycles. The van der Waals surface area contributed by atoms with Gasteiger partial charge in [-0.15, -0.1) is 0 Å². The Kier molecular flexibility index (Phi) is 5.76. The molecular weight excluding hydrogens is 420 g/mol. The highest BCUT2D eigenvalue weighted by molar-refractivity contribution is 6.03. The lowest BCUT2D eigenvalue weighted by Crippen LogP contribution is -2.47. The van der Waals surface area contributed by atoms with Gasteiger partial charge in [0.15, 0.2) is 5.76 Å². The van der Waals surface area contributed by atoms with E-state index in [0.29, 0.717) is 17.9 Å². The fraction of sp³-hybridized carbons (Fsp3) is 0.400. The van der Waals surface area contributed by atoms with Gasteiger partial charge in [-0.2, -0.15) is 5.10 Å². The van der Waals surface area contributed by atoms with Gasteiger partial charge in [-0.3, -0.25) is 14.5 Å². The summed E-state index contributed by atoms with van der Waals surface area (Å²) in [6.45, 7) is 3.42. The second-order valence-corrected chi connectivity index (χ2v) is 8.81. The highest BCUT2D eigenvalue weighted by atomic mass is 16.3. The zero-order valence-electron chi connectivity index (χ0n) is 18.9. The second-order valence-electron chi connectivity index (χ2n) is 8.81. The van der Waals surface area contributed by atoms with Crippen molar-refractivity contribution in [3.63, 3.8) is 0 Å². The SMILES string of the molecule is CC(=O)N(C)C1CCN(CC(=O)N2N=C(c3cc4ccccc4o3)CC2c2ccco2)CC1. The zero-order chi connectivity index (χ0) is 22.9. The van der Waals surface area contributed by atoms with Crippen molar-refractivity contribution in [2.45, 2.75) is 38.3 Å². The van der Waals surface area contributed by atoms with Crippen molar-refractivity contribution in [3.05, 3.63) is 60.2 Å². The van der Waals surface area contributed by atoms with E-state index in [1.165, 1.54) is 0 Å². The Morgan fingerprint density at radius 3 is 2.64 bits per heavy atom. The third-order valence-electron chi connectivity index (χ3n) is 6.71. The van der Waals surface area contributed by atoms with Crippen LogP contribution in [-0.2, 0) is 9.59 Å². The maximum Gasteiger partial charge on any atom is 0.257 e. The van der Waals surface area contributed by atoms with Gasteiger partial charge in [0.05, 0.1) is 12.8 Å². The Labute approximate surface area is 192 Å². The average Bonchev–Trinajstić information content (AvgIpc) is 3.57. The van der Waals surface area contributed by atoms with Gasteiger partial charge in [0.1, 0.15) is 23.1 Å². The molecule has 1 saturated heterocycles. The van der Waals surface area contributed by atoms with E-state index in [4.69, 9.17) is 8.83 Å². The van der Waals surface area contributed by atoms with Gasteiger partial charge in [0, 0.05) is 44.9 Å². The molecule has 172 valence electrons. The van der Waals surface area contributed by atoms with E-state index in [1.807, 2.05) is 49.5 Å². The molecule has 1 unspecified atom stereocenters. The second kappa shape index (κ2) is 8.86. The molecule has 33 heavy (non-hydrogen) atoms. The number of para-hydroxylation sites is 1. The molecular formula is C25H28N4O4. The molecule has 3 aromatic rings. The number of fused-ring (bicyclic) bond motifs is 1. The van der Waals surface area contributed by atoms with E-state index in [9.17, 15) is 9.59 Å². The van der Waals surface area contributed by atoms with Crippen LogP contribution in [0, 0.1) is 0 Å². The molecule has 2 aromatic heterocycles. The summed E-state index contributed by atoms with van der Waals surface area (Å²) in [5, 5.41) is 7.25. The van der Waals surface area contributed by atoms with Crippen LogP contribution in [0.5, 0.6) is 0 Å². The van der Waals surface area contributed by atoms with Gasteiger partial charge < -0.3 is 13.7 Å². The molecule has 2 aliphatic heterocycles. The number of rotatable bonds is 5. The van der Waals surface area contributed by atoms with Crippen molar-refractivity contribution in [1.29, 1.82) is 0 Å². The molecule has 2 amide bonds. The van der Waals surface area contributed by atoms with E-state index in [-0.39, 0.29) is 30.4 Å². The normalized spacial score (nSPS) is 19.8. The van der Waals surface area contributed by atoms with Crippen molar-refractivity contribution in [3.8, 4) is 0 Å². The highest BCUT2D eigenvalue weighted by Crippen LogP contribution is 2.34. The Morgan fingerprint density at radius 2 is 1.94 bits per heavy atom. The number of benzene rings is 1. The first-order valence-corrected chi connectivity index (χ1v) is 11.4. The number of likely N-dealkylation sites (tertiary alicyclic amines) is 1. The summed E-state index contributed by atoms with van der Waals surface area (Å²) in [6.07, 6.45) is 3.87. The summed E-state index contributed by atoms with van der Waals surface area (Å²) in [5.41, 5.74) is 1.54. The minimum Gasteiger partial charge on any atom is -0.467 e. The first-order valence-electron chi connectivity index (χ1n) is 11.4. The lowest BCUT2D eigenvalue weighted by Gasteiger charge is -2.36. The summed E-state index contributed by atoms with van der Waals surface area (Å²) < 4.78 is 11.7. The largest absolute Gasteiger partial charge is 0.467 e. The molecule has 0 bridgehead atoms. The maximum atomic E-state index is 13.3. The first kappa shape index (κ1) is 21.5. The summed E-state index contributed by atoms with van der Waals surface area (Å²) in [7, 11) is 1.85. The number of hydrogen-bond acceptors (Lipinski definition) is 6. The van der Waals surface area contributed by atoms with Gasteiger partial charge in [0.2, 0.25) is 5.91 Å². The molecule has 0 radical (unpaired) electrons. The minimum atomic E-state index is -0.294. The van der Waals surface area contributed by atoms with Crippen LogP contribution in [-0.4, -0.2) is 65.1 Å². The van der Waals surface area contributed by atoms with E-state index in [2.05, 4.69) is 10.0 Å². The Morgan fingerprint density at radius 1 is 1.15 bits per heavy atom. The minimum absolute atomic E-state index is 0.0686.